The Morgan fingerprint density at radius 1 is 1.11 bits per heavy atom. The van der Waals surface area contributed by atoms with Crippen LogP contribution in [0.5, 0.6) is 11.5 Å². The number of esters is 4. The summed E-state index contributed by atoms with van der Waals surface area (Å²) in [6, 6.07) is 8.64. The number of ether oxygens (including phenoxy) is 6. The zero-order valence-corrected chi connectivity index (χ0v) is 25.1. The van der Waals surface area contributed by atoms with Crippen LogP contribution in [-0.4, -0.2) is 84.2 Å². The van der Waals surface area contributed by atoms with Crippen molar-refractivity contribution < 1.29 is 57.5 Å². The number of cyclic esters (lactones) is 2. The molecule has 0 aliphatic carbocycles. The van der Waals surface area contributed by atoms with Crippen molar-refractivity contribution in [2.24, 2.45) is 11.8 Å². The fourth-order valence-corrected chi connectivity index (χ4v) is 4.72. The molecule has 242 valence electrons. The highest BCUT2D eigenvalue weighted by Crippen LogP contribution is 2.29. The van der Waals surface area contributed by atoms with E-state index in [4.69, 9.17) is 28.4 Å². The second-order valence-corrected chi connectivity index (χ2v) is 10.9. The number of aromatic hydroxyl groups is 1. The molecule has 2 aromatic rings. The Labute approximate surface area is 259 Å². The van der Waals surface area contributed by atoms with Crippen LogP contribution in [0.2, 0.25) is 0 Å². The minimum atomic E-state index is -1.50. The quantitative estimate of drug-likeness (QED) is 0.221. The van der Waals surface area contributed by atoms with Crippen LogP contribution >= 0.6 is 0 Å². The van der Waals surface area contributed by atoms with E-state index in [1.165, 1.54) is 6.92 Å². The van der Waals surface area contributed by atoms with E-state index < -0.39 is 96.6 Å². The van der Waals surface area contributed by atoms with Crippen LogP contribution in [0.15, 0.2) is 42.6 Å². The topological polar surface area (TPSA) is 186 Å². The second kappa shape index (κ2) is 15.3. The molecule has 2 saturated heterocycles. The summed E-state index contributed by atoms with van der Waals surface area (Å²) in [6.45, 7) is 3.91. The first-order chi connectivity index (χ1) is 21.5. The third kappa shape index (κ3) is 8.69. The molecule has 2 aliphatic heterocycles. The molecule has 1 aromatic heterocycles. The Balaban J connectivity index is 1.50. The summed E-state index contributed by atoms with van der Waals surface area (Å²) in [4.78, 5) is 68.5. The number of hydrogen-bond donors (Lipinski definition) is 2. The average Bonchev–Trinajstić information content (AvgIpc) is 3.57. The fraction of sp³-hybridized carbons (Fsp3) is 0.484. The molecule has 0 bridgehead atoms. The molecule has 2 unspecified atom stereocenters. The maximum atomic E-state index is 13.4. The monoisotopic (exact) mass is 628 g/mol. The SMILES string of the molecule is CC(C)C(=O)OC1[C@H](C)OC(=O)[C@@H](NC(=O)c2nccc(O)c2OCOC(=O)C2CCCO2)COC(=O)[C@@H]1Cc1ccccc1. The number of rotatable bonds is 10. The summed E-state index contributed by atoms with van der Waals surface area (Å²) in [6.07, 6.45) is -0.547. The highest BCUT2D eigenvalue weighted by atomic mass is 16.7. The summed E-state index contributed by atoms with van der Waals surface area (Å²) >= 11 is 0. The van der Waals surface area contributed by atoms with Gasteiger partial charge in [0.1, 0.15) is 18.6 Å². The average molecular weight is 629 g/mol. The number of nitrogens with one attached hydrogen (secondary N) is 1. The van der Waals surface area contributed by atoms with Crippen LogP contribution in [0.1, 0.15) is 49.7 Å². The Kier molecular flexibility index (Phi) is 11.3. The maximum Gasteiger partial charge on any atom is 0.338 e. The van der Waals surface area contributed by atoms with Gasteiger partial charge in [-0.2, -0.15) is 0 Å². The van der Waals surface area contributed by atoms with Crippen LogP contribution in [0, 0.1) is 11.8 Å². The van der Waals surface area contributed by atoms with E-state index in [1.54, 1.807) is 38.1 Å². The first-order valence-electron chi connectivity index (χ1n) is 14.6. The number of aromatic nitrogens is 1. The second-order valence-electron chi connectivity index (χ2n) is 10.9. The van der Waals surface area contributed by atoms with E-state index in [0.29, 0.717) is 19.4 Å². The van der Waals surface area contributed by atoms with Crippen molar-refractivity contribution in [2.45, 2.75) is 64.4 Å². The van der Waals surface area contributed by atoms with Crippen LogP contribution in [0.3, 0.4) is 0 Å². The molecule has 2 fully saturated rings. The number of pyridine rings is 1. The lowest BCUT2D eigenvalue weighted by Crippen LogP contribution is -2.47. The minimum absolute atomic E-state index is 0.125. The van der Waals surface area contributed by atoms with Gasteiger partial charge in [-0.15, -0.1) is 0 Å². The molecule has 14 heteroatoms. The summed E-state index contributed by atoms with van der Waals surface area (Å²) in [7, 11) is 0. The normalized spacial score (nSPS) is 23.5. The zero-order valence-electron chi connectivity index (χ0n) is 25.1. The summed E-state index contributed by atoms with van der Waals surface area (Å²) < 4.78 is 32.4. The predicted octanol–water partition coefficient (Wildman–Crippen LogP) is 1.86. The molecule has 14 nitrogen and oxygen atoms in total. The molecule has 2 N–H and O–H groups in total. The van der Waals surface area contributed by atoms with Crippen molar-refractivity contribution >= 4 is 29.8 Å². The molecule has 1 amide bonds. The number of carbonyl (C=O) groups is 5. The van der Waals surface area contributed by atoms with Gasteiger partial charge in [-0.25, -0.2) is 14.6 Å². The fourth-order valence-electron chi connectivity index (χ4n) is 4.72. The summed E-state index contributed by atoms with van der Waals surface area (Å²) in [5.74, 6) is -6.43. The smallest absolute Gasteiger partial charge is 0.338 e. The Bertz CT molecular complexity index is 1380. The number of nitrogens with zero attached hydrogens (tertiary/aromatic N) is 1. The van der Waals surface area contributed by atoms with Gasteiger partial charge in [0.15, 0.2) is 35.4 Å². The maximum absolute atomic E-state index is 13.4. The predicted molar refractivity (Wildman–Crippen MR) is 153 cm³/mol. The van der Waals surface area contributed by atoms with Crippen molar-refractivity contribution in [3.63, 3.8) is 0 Å². The first-order valence-corrected chi connectivity index (χ1v) is 14.6. The van der Waals surface area contributed by atoms with Gasteiger partial charge in [0.2, 0.25) is 6.79 Å². The summed E-state index contributed by atoms with van der Waals surface area (Å²) in [5.41, 5.74) is 0.317. The first kappa shape index (κ1) is 33.2. The Morgan fingerprint density at radius 3 is 2.56 bits per heavy atom. The lowest BCUT2D eigenvalue weighted by atomic mass is 9.91. The molecule has 3 heterocycles. The third-order valence-corrected chi connectivity index (χ3v) is 7.16. The van der Waals surface area contributed by atoms with Crippen molar-refractivity contribution in [2.75, 3.05) is 20.0 Å². The molecule has 1 aromatic carbocycles. The van der Waals surface area contributed by atoms with Crippen LogP contribution in [0.25, 0.3) is 0 Å². The molecule has 45 heavy (non-hydrogen) atoms. The minimum Gasteiger partial charge on any atom is -0.504 e. The standard InChI is InChI=1S/C31H36N2O12/c1-17(2)28(36)45-25-18(3)44-30(38)21(15-41-29(37)20(25)14-19-8-5-4-6-9-19)33-27(35)24-26(22(34)11-12-32-24)42-16-43-31(39)23-10-7-13-40-23/h4-6,8-9,11-12,17-18,20-21,23,25H,7,10,13-16H2,1-3H3,(H,32,34)(H,33,35)/t18-,20+,21-,23?,25?/m0/s1. The molecule has 0 spiro atoms. The van der Waals surface area contributed by atoms with Crippen LogP contribution < -0.4 is 10.1 Å². The van der Waals surface area contributed by atoms with Gasteiger partial charge in [0.05, 0.1) is 5.92 Å². The third-order valence-electron chi connectivity index (χ3n) is 7.16. The zero-order chi connectivity index (χ0) is 32.5. The van der Waals surface area contributed by atoms with E-state index in [9.17, 15) is 29.1 Å². The van der Waals surface area contributed by atoms with Gasteiger partial charge in [-0.05, 0) is 31.7 Å². The molecular formula is C31H36N2O12. The Morgan fingerprint density at radius 2 is 1.87 bits per heavy atom. The largest absolute Gasteiger partial charge is 0.504 e. The van der Waals surface area contributed by atoms with Crippen LogP contribution in [-0.2, 0) is 49.3 Å². The van der Waals surface area contributed by atoms with Gasteiger partial charge in [-0.1, -0.05) is 44.2 Å². The van der Waals surface area contributed by atoms with E-state index in [2.05, 4.69) is 10.3 Å². The van der Waals surface area contributed by atoms with Gasteiger partial charge >= 0.3 is 23.9 Å². The van der Waals surface area contributed by atoms with Gasteiger partial charge < -0.3 is 38.8 Å². The highest BCUT2D eigenvalue weighted by molar-refractivity contribution is 5.98. The molecule has 5 atom stereocenters. The van der Waals surface area contributed by atoms with E-state index >= 15 is 0 Å². The van der Waals surface area contributed by atoms with Gasteiger partial charge in [-0.3, -0.25) is 14.4 Å². The van der Waals surface area contributed by atoms with Crippen LogP contribution in [0.4, 0.5) is 0 Å². The number of amides is 1. The highest BCUT2D eigenvalue weighted by Gasteiger charge is 2.42. The van der Waals surface area contributed by atoms with Crippen molar-refractivity contribution in [3.8, 4) is 11.5 Å². The van der Waals surface area contributed by atoms with Gasteiger partial charge in [0.25, 0.3) is 5.91 Å². The lowest BCUT2D eigenvalue weighted by molar-refractivity contribution is -0.176. The summed E-state index contributed by atoms with van der Waals surface area (Å²) in [5, 5.41) is 12.7. The molecule has 2 aliphatic rings. The van der Waals surface area contributed by atoms with Crippen molar-refractivity contribution in [3.05, 3.63) is 53.9 Å². The van der Waals surface area contributed by atoms with E-state index in [1.807, 2.05) is 6.07 Å². The molecule has 4 rings (SSSR count). The number of benzene rings is 1. The molecular weight excluding hydrogens is 592 g/mol. The number of carbonyl (C=O) groups excluding carboxylic acids is 5. The molecule has 0 saturated carbocycles. The van der Waals surface area contributed by atoms with E-state index in [-0.39, 0.29) is 6.42 Å². The number of hydrogen-bond acceptors (Lipinski definition) is 13. The van der Waals surface area contributed by atoms with E-state index in [0.717, 1.165) is 17.8 Å². The lowest BCUT2D eigenvalue weighted by Gasteiger charge is -2.29. The van der Waals surface area contributed by atoms with Gasteiger partial charge in [0, 0.05) is 18.9 Å². The van der Waals surface area contributed by atoms with Crippen molar-refractivity contribution in [1.29, 1.82) is 0 Å². The Hall–Kier alpha value is -4.72. The molecule has 0 radical (unpaired) electrons. The van der Waals surface area contributed by atoms with Crippen molar-refractivity contribution in [1.82, 2.24) is 10.3 Å².